The van der Waals surface area contributed by atoms with E-state index in [4.69, 9.17) is 0 Å². The third-order valence-electron chi connectivity index (χ3n) is 4.12. The van der Waals surface area contributed by atoms with Crippen molar-refractivity contribution >= 4 is 17.6 Å². The molecule has 6 heteroatoms. The number of carbonyl (C=O) groups is 2. The first-order valence-electron chi connectivity index (χ1n) is 8.83. The van der Waals surface area contributed by atoms with Crippen LogP contribution in [0.4, 0.5) is 5.69 Å². The standard InChI is InChI=1S/C22H23N3O3/c1-16(2)15-25(17(3)18-10-6-5-7-11-18)22(27)19-12-8-9-13-20(19)24-23-14-21(26)28-4/h5-13,17H,1,15H2,2-4H3/p+1/t17-/m0/s1. The number of nitrogens with zero attached hydrogens (tertiary/aromatic N) is 2. The zero-order valence-corrected chi connectivity index (χ0v) is 16.3. The number of methoxy groups -OCH3 is 1. The van der Waals surface area contributed by atoms with Gasteiger partial charge in [-0.15, -0.1) is 0 Å². The van der Waals surface area contributed by atoms with Crippen LogP contribution in [0.15, 0.2) is 66.7 Å². The molecule has 0 aliphatic carbocycles. The van der Waals surface area contributed by atoms with Gasteiger partial charge in [-0.1, -0.05) is 54.6 Å². The van der Waals surface area contributed by atoms with Crippen molar-refractivity contribution in [2.45, 2.75) is 19.9 Å². The Morgan fingerprint density at radius 3 is 2.46 bits per heavy atom. The maximum absolute atomic E-state index is 13.4. The van der Waals surface area contributed by atoms with Crippen molar-refractivity contribution in [3.8, 4) is 6.07 Å². The molecule has 0 heterocycles. The number of esters is 1. The van der Waals surface area contributed by atoms with Crippen LogP contribution >= 0.6 is 0 Å². The minimum absolute atomic E-state index is 0.149. The molecular formula is C22H24N3O3+. The summed E-state index contributed by atoms with van der Waals surface area (Å²) in [5, 5.41) is 0. The Labute approximate surface area is 165 Å². The van der Waals surface area contributed by atoms with Crippen molar-refractivity contribution in [1.82, 2.24) is 4.90 Å². The van der Waals surface area contributed by atoms with Gasteiger partial charge >= 0.3 is 12.0 Å². The second-order valence-electron chi connectivity index (χ2n) is 6.35. The normalized spacial score (nSPS) is 10.8. The van der Waals surface area contributed by atoms with E-state index in [0.29, 0.717) is 17.8 Å². The first-order valence-corrected chi connectivity index (χ1v) is 8.83. The molecule has 0 radical (unpaired) electrons. The van der Waals surface area contributed by atoms with Crippen molar-refractivity contribution in [2.75, 3.05) is 19.1 Å². The summed E-state index contributed by atoms with van der Waals surface area (Å²) in [4.78, 5) is 30.0. The van der Waals surface area contributed by atoms with E-state index >= 15 is 0 Å². The molecular weight excluding hydrogens is 354 g/mol. The molecule has 6 nitrogen and oxygen atoms in total. The van der Waals surface area contributed by atoms with Gasteiger partial charge in [0.2, 0.25) is 0 Å². The fourth-order valence-corrected chi connectivity index (χ4v) is 2.69. The maximum Gasteiger partial charge on any atom is 0.463 e. The van der Waals surface area contributed by atoms with Gasteiger partial charge in [0.1, 0.15) is 5.69 Å². The molecule has 1 N–H and O–H groups in total. The van der Waals surface area contributed by atoms with E-state index in [2.05, 4.69) is 27.8 Å². The van der Waals surface area contributed by atoms with Gasteiger partial charge in [-0.3, -0.25) is 4.79 Å². The topological polar surface area (TPSA) is 63.0 Å². The summed E-state index contributed by atoms with van der Waals surface area (Å²) < 4.78 is 4.46. The highest BCUT2D eigenvalue weighted by molar-refractivity contribution is 6.00. The van der Waals surface area contributed by atoms with E-state index in [0.717, 1.165) is 11.1 Å². The molecule has 0 aliphatic heterocycles. The van der Waals surface area contributed by atoms with Crippen molar-refractivity contribution in [3.63, 3.8) is 0 Å². The van der Waals surface area contributed by atoms with Gasteiger partial charge in [-0.05, 0) is 37.0 Å². The number of hydrogen-bond acceptors (Lipinski definition) is 4. The SMILES string of the molecule is C=C(C)CN(C(=O)c1ccccc1N[N+]#CC(=O)OC)[C@@H](C)c1ccccc1. The fourth-order valence-electron chi connectivity index (χ4n) is 2.69. The lowest BCUT2D eigenvalue weighted by Crippen LogP contribution is -2.35. The average molecular weight is 378 g/mol. The van der Waals surface area contributed by atoms with E-state index in [1.165, 1.54) is 7.11 Å². The molecule has 1 amide bonds. The Hall–Kier alpha value is -3.59. The minimum Gasteiger partial charge on any atom is -0.455 e. The fraction of sp³-hybridized carbons (Fsp3) is 0.227. The number of amides is 1. The van der Waals surface area contributed by atoms with Gasteiger partial charge in [0.15, 0.2) is 0 Å². The highest BCUT2D eigenvalue weighted by Crippen LogP contribution is 2.26. The summed E-state index contributed by atoms with van der Waals surface area (Å²) in [7, 11) is 1.24. The van der Waals surface area contributed by atoms with Gasteiger partial charge in [0.05, 0.1) is 23.7 Å². The summed E-state index contributed by atoms with van der Waals surface area (Å²) in [5.41, 5.74) is 5.49. The number of benzene rings is 2. The van der Waals surface area contributed by atoms with Gasteiger partial charge in [0.25, 0.3) is 5.91 Å². The molecule has 0 bridgehead atoms. The van der Waals surface area contributed by atoms with Crippen molar-refractivity contribution in [2.24, 2.45) is 0 Å². The Kier molecular flexibility index (Phi) is 7.35. The van der Waals surface area contributed by atoms with E-state index in [1.54, 1.807) is 29.2 Å². The number of carbonyl (C=O) groups excluding carboxylic acids is 2. The van der Waals surface area contributed by atoms with E-state index in [9.17, 15) is 9.59 Å². The van der Waals surface area contributed by atoms with Gasteiger partial charge in [0, 0.05) is 6.54 Å². The number of nitrogens with one attached hydrogen (secondary N) is 1. The monoisotopic (exact) mass is 378 g/mol. The molecule has 0 aromatic heterocycles. The summed E-state index contributed by atoms with van der Waals surface area (Å²) in [5.74, 6) is -0.881. The van der Waals surface area contributed by atoms with Gasteiger partial charge in [-0.25, -0.2) is 4.79 Å². The molecule has 0 unspecified atom stereocenters. The molecule has 28 heavy (non-hydrogen) atoms. The predicted octanol–water partition coefficient (Wildman–Crippen LogP) is 4.30. The van der Waals surface area contributed by atoms with E-state index in [-0.39, 0.29) is 11.9 Å². The second-order valence-corrected chi connectivity index (χ2v) is 6.35. The number of hydrogen-bond donors (Lipinski definition) is 1. The Balaban J connectivity index is 2.35. The number of ether oxygens (including phenoxy) is 1. The molecule has 144 valence electrons. The lowest BCUT2D eigenvalue weighted by Gasteiger charge is -2.30. The first kappa shape index (κ1) is 20.7. The lowest BCUT2D eigenvalue weighted by atomic mass is 10.0. The summed E-state index contributed by atoms with van der Waals surface area (Å²) in [6, 6.07) is 18.8. The van der Waals surface area contributed by atoms with Gasteiger partial charge in [-0.2, -0.15) is 0 Å². The lowest BCUT2D eigenvalue weighted by molar-refractivity contribution is -0.133. The minimum atomic E-state index is -0.710. The Bertz CT molecular complexity index is 913. The molecule has 0 aliphatic rings. The highest BCUT2D eigenvalue weighted by Gasteiger charge is 2.25. The molecule has 0 saturated heterocycles. The molecule has 0 spiro atoms. The van der Waals surface area contributed by atoms with Crippen LogP contribution in [0.1, 0.15) is 35.8 Å². The Morgan fingerprint density at radius 1 is 1.18 bits per heavy atom. The van der Waals surface area contributed by atoms with Gasteiger partial charge < -0.3 is 9.64 Å². The van der Waals surface area contributed by atoms with Crippen LogP contribution in [0.5, 0.6) is 0 Å². The Morgan fingerprint density at radius 2 is 1.82 bits per heavy atom. The molecule has 0 saturated carbocycles. The van der Waals surface area contributed by atoms with Crippen LogP contribution < -0.4 is 5.43 Å². The van der Waals surface area contributed by atoms with Crippen LogP contribution in [-0.2, 0) is 9.53 Å². The van der Waals surface area contributed by atoms with Crippen molar-refractivity contribution < 1.29 is 14.3 Å². The largest absolute Gasteiger partial charge is 0.463 e. The first-order chi connectivity index (χ1) is 13.4. The second kappa shape index (κ2) is 9.93. The number of anilines is 1. The number of para-hydroxylation sites is 1. The van der Waals surface area contributed by atoms with Crippen LogP contribution in [-0.4, -0.2) is 30.4 Å². The third kappa shape index (κ3) is 5.45. The molecule has 2 aromatic carbocycles. The molecule has 2 rings (SSSR count). The van der Waals surface area contributed by atoms with E-state index in [1.807, 2.05) is 44.2 Å². The van der Waals surface area contributed by atoms with Crippen molar-refractivity contribution in [1.29, 1.82) is 0 Å². The predicted molar refractivity (Wildman–Crippen MR) is 110 cm³/mol. The quantitative estimate of drug-likeness (QED) is 0.352. The zero-order chi connectivity index (χ0) is 20.5. The maximum atomic E-state index is 13.4. The third-order valence-corrected chi connectivity index (χ3v) is 4.12. The molecule has 1 atom stereocenters. The van der Waals surface area contributed by atoms with Crippen LogP contribution in [0, 0.1) is 6.07 Å². The molecule has 0 fully saturated rings. The van der Waals surface area contributed by atoms with Crippen LogP contribution in [0.25, 0.3) is 4.95 Å². The summed E-state index contributed by atoms with van der Waals surface area (Å²) in [6.45, 7) is 8.24. The summed E-state index contributed by atoms with van der Waals surface area (Å²) >= 11 is 0. The van der Waals surface area contributed by atoms with E-state index < -0.39 is 5.97 Å². The van der Waals surface area contributed by atoms with Crippen molar-refractivity contribution in [3.05, 3.63) is 82.8 Å². The molecule has 2 aromatic rings. The summed E-state index contributed by atoms with van der Waals surface area (Å²) in [6.07, 6.45) is 0. The van der Waals surface area contributed by atoms with Crippen LogP contribution in [0.2, 0.25) is 0 Å². The zero-order valence-electron chi connectivity index (χ0n) is 16.3. The number of rotatable bonds is 6. The average Bonchev–Trinajstić information content (AvgIpc) is 2.71. The van der Waals surface area contributed by atoms with Crippen LogP contribution in [0.3, 0.4) is 0 Å². The highest BCUT2D eigenvalue weighted by atomic mass is 16.5. The smallest absolute Gasteiger partial charge is 0.455 e.